The minimum atomic E-state index is 0. The van der Waals surface area contributed by atoms with Gasteiger partial charge in [-0.1, -0.05) is 71.6 Å². The number of unbranched alkanes of at least 4 members (excludes halogenated alkanes) is 8. The molecular weight excluding hydrogens is 254 g/mol. The maximum absolute atomic E-state index is 2.69. The molecule has 1 aliphatic heterocycles. The molecule has 1 nitrogen and oxygen atoms in total. The SMILES string of the molecule is CCCCCCCCCCCN1CCC(CC)C1.Cl. The van der Waals surface area contributed by atoms with Gasteiger partial charge in [0.25, 0.3) is 0 Å². The summed E-state index contributed by atoms with van der Waals surface area (Å²) in [6.45, 7) is 8.75. The van der Waals surface area contributed by atoms with Crippen molar-refractivity contribution < 1.29 is 0 Å². The number of rotatable bonds is 11. The lowest BCUT2D eigenvalue weighted by molar-refractivity contribution is 0.313. The second kappa shape index (κ2) is 13.2. The Morgan fingerprint density at radius 3 is 1.95 bits per heavy atom. The van der Waals surface area contributed by atoms with Crippen LogP contribution in [0, 0.1) is 5.92 Å². The largest absolute Gasteiger partial charge is 0.303 e. The fourth-order valence-corrected chi connectivity index (χ4v) is 3.10. The zero-order chi connectivity index (χ0) is 13.1. The Morgan fingerprint density at radius 2 is 1.42 bits per heavy atom. The molecule has 2 heteroatoms. The van der Waals surface area contributed by atoms with Gasteiger partial charge in [-0.2, -0.15) is 0 Å². The molecule has 1 aliphatic rings. The van der Waals surface area contributed by atoms with Crippen molar-refractivity contribution in [2.45, 2.75) is 84.5 Å². The first kappa shape index (κ1) is 19.2. The van der Waals surface area contributed by atoms with Crippen molar-refractivity contribution in [1.29, 1.82) is 0 Å². The first-order valence-corrected chi connectivity index (χ1v) is 8.59. The minimum Gasteiger partial charge on any atom is -0.303 e. The molecule has 0 amide bonds. The number of hydrogen-bond acceptors (Lipinski definition) is 1. The summed E-state index contributed by atoms with van der Waals surface area (Å²) in [5.41, 5.74) is 0. The molecule has 0 N–H and O–H groups in total. The molecular formula is C17H36ClN. The van der Waals surface area contributed by atoms with Gasteiger partial charge in [-0.15, -0.1) is 12.4 Å². The molecule has 1 fully saturated rings. The van der Waals surface area contributed by atoms with Crippen LogP contribution in [0.2, 0.25) is 0 Å². The third-order valence-electron chi connectivity index (χ3n) is 4.53. The molecule has 0 aromatic carbocycles. The summed E-state index contributed by atoms with van der Waals surface area (Å²) in [7, 11) is 0. The van der Waals surface area contributed by atoms with E-state index in [1.54, 1.807) is 0 Å². The van der Waals surface area contributed by atoms with Gasteiger partial charge in [-0.05, 0) is 31.8 Å². The van der Waals surface area contributed by atoms with E-state index in [9.17, 15) is 0 Å². The van der Waals surface area contributed by atoms with Gasteiger partial charge in [-0.25, -0.2) is 0 Å². The highest BCUT2D eigenvalue weighted by Gasteiger charge is 2.19. The van der Waals surface area contributed by atoms with Gasteiger partial charge in [-0.3, -0.25) is 0 Å². The van der Waals surface area contributed by atoms with Crippen LogP contribution in [-0.4, -0.2) is 24.5 Å². The maximum atomic E-state index is 2.69. The molecule has 116 valence electrons. The Morgan fingerprint density at radius 1 is 0.842 bits per heavy atom. The molecule has 0 radical (unpaired) electrons. The summed E-state index contributed by atoms with van der Waals surface area (Å²) in [4.78, 5) is 2.69. The van der Waals surface area contributed by atoms with Crippen LogP contribution in [0.25, 0.3) is 0 Å². The van der Waals surface area contributed by atoms with Gasteiger partial charge in [0.05, 0.1) is 0 Å². The second-order valence-electron chi connectivity index (χ2n) is 6.19. The summed E-state index contributed by atoms with van der Waals surface area (Å²) in [6, 6.07) is 0. The molecule has 1 saturated heterocycles. The maximum Gasteiger partial charge on any atom is 0.00100 e. The van der Waals surface area contributed by atoms with Crippen LogP contribution >= 0.6 is 12.4 Å². The van der Waals surface area contributed by atoms with E-state index in [0.717, 1.165) is 5.92 Å². The molecule has 0 aliphatic carbocycles. The van der Waals surface area contributed by atoms with Crippen LogP contribution in [-0.2, 0) is 0 Å². The Labute approximate surface area is 127 Å². The lowest BCUT2D eigenvalue weighted by Gasteiger charge is -2.15. The standard InChI is InChI=1S/C17H35N.ClH/c1-3-5-6-7-8-9-10-11-12-14-18-15-13-17(4-2)16-18;/h17H,3-16H2,1-2H3;1H. The molecule has 1 unspecified atom stereocenters. The van der Waals surface area contributed by atoms with E-state index in [1.807, 2.05) is 0 Å². The smallest absolute Gasteiger partial charge is 0.00100 e. The highest BCUT2D eigenvalue weighted by Crippen LogP contribution is 2.19. The lowest BCUT2D eigenvalue weighted by Crippen LogP contribution is -2.21. The molecule has 0 aromatic heterocycles. The van der Waals surface area contributed by atoms with Crippen LogP contribution in [0.1, 0.15) is 84.5 Å². The number of halogens is 1. The summed E-state index contributed by atoms with van der Waals surface area (Å²) < 4.78 is 0. The zero-order valence-corrected chi connectivity index (χ0v) is 14.1. The van der Waals surface area contributed by atoms with Gasteiger partial charge < -0.3 is 4.90 Å². The van der Waals surface area contributed by atoms with Crippen molar-refractivity contribution in [3.63, 3.8) is 0 Å². The predicted octanol–water partition coefficient (Wildman–Crippen LogP) is 5.67. The van der Waals surface area contributed by atoms with Crippen LogP contribution in [0.5, 0.6) is 0 Å². The van der Waals surface area contributed by atoms with Crippen LogP contribution in [0.4, 0.5) is 0 Å². The summed E-state index contributed by atoms with van der Waals surface area (Å²) in [5.74, 6) is 1.00. The van der Waals surface area contributed by atoms with E-state index in [4.69, 9.17) is 0 Å². The Hall–Kier alpha value is 0.250. The van der Waals surface area contributed by atoms with Crippen LogP contribution in [0.15, 0.2) is 0 Å². The molecule has 0 aromatic rings. The summed E-state index contributed by atoms with van der Waals surface area (Å²) in [6.07, 6.45) is 15.9. The first-order valence-electron chi connectivity index (χ1n) is 8.59. The summed E-state index contributed by atoms with van der Waals surface area (Å²) in [5, 5.41) is 0. The lowest BCUT2D eigenvalue weighted by atomic mass is 10.1. The molecule has 0 bridgehead atoms. The van der Waals surface area contributed by atoms with Crippen molar-refractivity contribution in [3.05, 3.63) is 0 Å². The van der Waals surface area contributed by atoms with Crippen molar-refractivity contribution in [1.82, 2.24) is 4.90 Å². The number of nitrogens with zero attached hydrogens (tertiary/aromatic N) is 1. The molecule has 0 saturated carbocycles. The highest BCUT2D eigenvalue weighted by molar-refractivity contribution is 5.85. The zero-order valence-electron chi connectivity index (χ0n) is 13.3. The predicted molar refractivity (Wildman–Crippen MR) is 89.3 cm³/mol. The molecule has 19 heavy (non-hydrogen) atoms. The monoisotopic (exact) mass is 289 g/mol. The minimum absolute atomic E-state index is 0. The summed E-state index contributed by atoms with van der Waals surface area (Å²) >= 11 is 0. The topological polar surface area (TPSA) is 3.24 Å². The third-order valence-corrected chi connectivity index (χ3v) is 4.53. The normalized spacial score (nSPS) is 19.6. The quantitative estimate of drug-likeness (QED) is 0.443. The Kier molecular flexibility index (Phi) is 13.4. The first-order chi connectivity index (χ1) is 8.86. The fraction of sp³-hybridized carbons (Fsp3) is 1.00. The van der Waals surface area contributed by atoms with Gasteiger partial charge in [0.15, 0.2) is 0 Å². The average molecular weight is 290 g/mol. The van der Waals surface area contributed by atoms with E-state index in [-0.39, 0.29) is 12.4 Å². The van der Waals surface area contributed by atoms with Crippen LogP contribution in [0.3, 0.4) is 0 Å². The van der Waals surface area contributed by atoms with E-state index < -0.39 is 0 Å². The number of likely N-dealkylation sites (tertiary alicyclic amines) is 1. The van der Waals surface area contributed by atoms with E-state index in [2.05, 4.69) is 18.7 Å². The molecule has 1 atom stereocenters. The fourth-order valence-electron chi connectivity index (χ4n) is 3.10. The van der Waals surface area contributed by atoms with Crippen molar-refractivity contribution in [2.75, 3.05) is 19.6 Å². The van der Waals surface area contributed by atoms with Gasteiger partial charge in [0.2, 0.25) is 0 Å². The van der Waals surface area contributed by atoms with Gasteiger partial charge >= 0.3 is 0 Å². The third kappa shape index (κ3) is 9.73. The average Bonchev–Trinajstić information content (AvgIpc) is 2.85. The molecule has 0 spiro atoms. The van der Waals surface area contributed by atoms with Gasteiger partial charge in [0.1, 0.15) is 0 Å². The number of hydrogen-bond donors (Lipinski definition) is 0. The van der Waals surface area contributed by atoms with E-state index in [0.29, 0.717) is 0 Å². The van der Waals surface area contributed by atoms with Crippen molar-refractivity contribution >= 4 is 12.4 Å². The van der Waals surface area contributed by atoms with Gasteiger partial charge in [0, 0.05) is 6.54 Å². The Balaban J connectivity index is 0.00000324. The van der Waals surface area contributed by atoms with E-state index >= 15 is 0 Å². The van der Waals surface area contributed by atoms with Crippen molar-refractivity contribution in [3.8, 4) is 0 Å². The molecule has 1 heterocycles. The highest BCUT2D eigenvalue weighted by atomic mass is 35.5. The van der Waals surface area contributed by atoms with E-state index in [1.165, 1.54) is 90.3 Å². The molecule has 1 rings (SSSR count). The Bertz CT molecular complexity index is 184. The van der Waals surface area contributed by atoms with Crippen molar-refractivity contribution in [2.24, 2.45) is 5.92 Å². The second-order valence-corrected chi connectivity index (χ2v) is 6.19. The van der Waals surface area contributed by atoms with Crippen LogP contribution < -0.4 is 0 Å².